The van der Waals surface area contributed by atoms with E-state index in [0.29, 0.717) is 23.7 Å². The molecule has 0 radical (unpaired) electrons. The van der Waals surface area contributed by atoms with Crippen LogP contribution < -0.4 is 10.1 Å². The Labute approximate surface area is 159 Å². The largest absolute Gasteiger partial charge is 0.496 e. The number of hydrogen-bond donors (Lipinski definition) is 1. The number of hydrogen-bond acceptors (Lipinski definition) is 3. The molecule has 1 heterocycles. The minimum Gasteiger partial charge on any atom is -0.496 e. The van der Waals surface area contributed by atoms with Gasteiger partial charge in [0, 0.05) is 35.8 Å². The van der Waals surface area contributed by atoms with E-state index >= 15 is 0 Å². The van der Waals surface area contributed by atoms with Crippen molar-refractivity contribution in [3.8, 4) is 5.75 Å². The molecule has 4 nitrogen and oxygen atoms in total. The van der Waals surface area contributed by atoms with Crippen LogP contribution in [0.5, 0.6) is 5.75 Å². The molecule has 1 unspecified atom stereocenters. The number of nitrogens with zero attached hydrogens (tertiary/aromatic N) is 1. The fourth-order valence-electron chi connectivity index (χ4n) is 3.11. The summed E-state index contributed by atoms with van der Waals surface area (Å²) in [5, 5.41) is 4.05. The first kappa shape index (κ1) is 19.6. The van der Waals surface area contributed by atoms with Crippen molar-refractivity contribution in [3.63, 3.8) is 0 Å². The molecular formula is C19H22Cl2N2O2. The summed E-state index contributed by atoms with van der Waals surface area (Å²) in [4.78, 5) is 15.0. The van der Waals surface area contributed by atoms with Crippen molar-refractivity contribution in [2.24, 2.45) is 0 Å². The van der Waals surface area contributed by atoms with E-state index < -0.39 is 0 Å². The van der Waals surface area contributed by atoms with Gasteiger partial charge in [0.25, 0.3) is 5.91 Å². The SMILES string of the molecule is COc1ccccc1C1CNCCN1C(=O)c1ccc(Cl)c(C)c1.Cl. The van der Waals surface area contributed by atoms with Crippen LogP contribution in [0.4, 0.5) is 0 Å². The Morgan fingerprint density at radius 1 is 1.28 bits per heavy atom. The molecule has 3 rings (SSSR count). The van der Waals surface area contributed by atoms with Crippen LogP contribution in [-0.2, 0) is 0 Å². The van der Waals surface area contributed by atoms with E-state index in [9.17, 15) is 4.79 Å². The second-order valence-electron chi connectivity index (χ2n) is 5.92. The number of carbonyl (C=O) groups excluding carboxylic acids is 1. The summed E-state index contributed by atoms with van der Waals surface area (Å²) in [6.45, 7) is 4.06. The highest BCUT2D eigenvalue weighted by Gasteiger charge is 2.30. The first-order chi connectivity index (χ1) is 11.6. The van der Waals surface area contributed by atoms with Gasteiger partial charge in [-0.15, -0.1) is 12.4 Å². The molecule has 1 atom stereocenters. The van der Waals surface area contributed by atoms with E-state index in [-0.39, 0.29) is 24.4 Å². The van der Waals surface area contributed by atoms with Gasteiger partial charge in [-0.2, -0.15) is 0 Å². The zero-order valence-corrected chi connectivity index (χ0v) is 15.9. The van der Waals surface area contributed by atoms with Crippen LogP contribution in [0.2, 0.25) is 5.02 Å². The first-order valence-corrected chi connectivity index (χ1v) is 8.40. The Balaban J connectivity index is 0.00000225. The first-order valence-electron chi connectivity index (χ1n) is 8.02. The molecule has 6 heteroatoms. The van der Waals surface area contributed by atoms with Gasteiger partial charge in [-0.05, 0) is 36.8 Å². The molecule has 0 saturated carbocycles. The molecule has 0 aromatic heterocycles. The molecular weight excluding hydrogens is 359 g/mol. The van der Waals surface area contributed by atoms with Crippen molar-refractivity contribution in [1.82, 2.24) is 10.2 Å². The number of ether oxygens (including phenoxy) is 1. The maximum Gasteiger partial charge on any atom is 0.254 e. The maximum absolute atomic E-state index is 13.1. The van der Waals surface area contributed by atoms with Crippen LogP contribution in [0.1, 0.15) is 27.5 Å². The number of para-hydroxylation sites is 1. The highest BCUT2D eigenvalue weighted by atomic mass is 35.5. The normalized spacial score (nSPS) is 16.9. The lowest BCUT2D eigenvalue weighted by Crippen LogP contribution is -2.48. The summed E-state index contributed by atoms with van der Waals surface area (Å²) in [6.07, 6.45) is 0. The Morgan fingerprint density at radius 3 is 2.76 bits per heavy atom. The van der Waals surface area contributed by atoms with E-state index in [1.165, 1.54) is 0 Å². The van der Waals surface area contributed by atoms with Gasteiger partial charge in [0.1, 0.15) is 5.75 Å². The van der Waals surface area contributed by atoms with Gasteiger partial charge in [0.15, 0.2) is 0 Å². The number of benzene rings is 2. The molecule has 1 amide bonds. The van der Waals surface area contributed by atoms with Gasteiger partial charge in [0.05, 0.1) is 13.2 Å². The zero-order chi connectivity index (χ0) is 17.1. The zero-order valence-electron chi connectivity index (χ0n) is 14.3. The molecule has 2 aromatic carbocycles. The monoisotopic (exact) mass is 380 g/mol. The number of nitrogens with one attached hydrogen (secondary N) is 1. The molecule has 0 aliphatic carbocycles. The van der Waals surface area contributed by atoms with Crippen molar-refractivity contribution in [1.29, 1.82) is 0 Å². The van der Waals surface area contributed by atoms with E-state index in [4.69, 9.17) is 16.3 Å². The van der Waals surface area contributed by atoms with Crippen molar-refractivity contribution in [3.05, 3.63) is 64.2 Å². The third-order valence-corrected chi connectivity index (χ3v) is 4.83. The predicted molar refractivity (Wildman–Crippen MR) is 103 cm³/mol. The molecule has 1 saturated heterocycles. The molecule has 1 N–H and O–H groups in total. The average molecular weight is 381 g/mol. The summed E-state index contributed by atoms with van der Waals surface area (Å²) in [6, 6.07) is 13.2. The van der Waals surface area contributed by atoms with Crippen LogP contribution in [0.3, 0.4) is 0 Å². The molecule has 0 bridgehead atoms. The smallest absolute Gasteiger partial charge is 0.254 e. The lowest BCUT2D eigenvalue weighted by atomic mass is 10.0. The van der Waals surface area contributed by atoms with Crippen LogP contribution in [0.25, 0.3) is 0 Å². The van der Waals surface area contributed by atoms with Crippen molar-refractivity contribution in [2.45, 2.75) is 13.0 Å². The Kier molecular flexibility index (Phi) is 6.71. The highest BCUT2D eigenvalue weighted by molar-refractivity contribution is 6.31. The van der Waals surface area contributed by atoms with Crippen LogP contribution >= 0.6 is 24.0 Å². The number of piperazine rings is 1. The lowest BCUT2D eigenvalue weighted by Gasteiger charge is -2.37. The van der Waals surface area contributed by atoms with Crippen LogP contribution in [0, 0.1) is 6.92 Å². The topological polar surface area (TPSA) is 41.6 Å². The fraction of sp³-hybridized carbons (Fsp3) is 0.316. The fourth-order valence-corrected chi connectivity index (χ4v) is 3.23. The Morgan fingerprint density at radius 2 is 2.04 bits per heavy atom. The van der Waals surface area contributed by atoms with Crippen molar-refractivity contribution < 1.29 is 9.53 Å². The molecule has 2 aromatic rings. The Bertz CT molecular complexity index is 752. The van der Waals surface area contributed by atoms with E-state index in [2.05, 4.69) is 5.32 Å². The van der Waals surface area contributed by atoms with Crippen molar-refractivity contribution >= 4 is 29.9 Å². The average Bonchev–Trinajstić information content (AvgIpc) is 2.63. The van der Waals surface area contributed by atoms with Crippen LogP contribution in [-0.4, -0.2) is 37.6 Å². The van der Waals surface area contributed by atoms with Crippen molar-refractivity contribution in [2.75, 3.05) is 26.7 Å². The number of aryl methyl sites for hydroxylation is 1. The number of rotatable bonds is 3. The maximum atomic E-state index is 13.1. The number of amides is 1. The van der Waals surface area contributed by atoms with Gasteiger partial charge in [-0.3, -0.25) is 4.79 Å². The molecule has 1 aliphatic rings. The minimum absolute atomic E-state index is 0. The van der Waals surface area contributed by atoms with Crippen LogP contribution in [0.15, 0.2) is 42.5 Å². The van der Waals surface area contributed by atoms with E-state index in [1.54, 1.807) is 19.2 Å². The highest BCUT2D eigenvalue weighted by Crippen LogP contribution is 2.31. The van der Waals surface area contributed by atoms with Gasteiger partial charge in [0.2, 0.25) is 0 Å². The number of carbonyl (C=O) groups is 1. The van der Waals surface area contributed by atoms with E-state index in [0.717, 1.165) is 23.4 Å². The molecule has 25 heavy (non-hydrogen) atoms. The second-order valence-corrected chi connectivity index (χ2v) is 6.33. The van der Waals surface area contributed by atoms with E-state index in [1.807, 2.05) is 42.2 Å². The third kappa shape index (κ3) is 4.09. The van der Waals surface area contributed by atoms with Gasteiger partial charge in [-0.1, -0.05) is 29.8 Å². The second kappa shape index (κ2) is 8.56. The Hall–Kier alpha value is -1.75. The number of halogens is 2. The molecule has 0 spiro atoms. The minimum atomic E-state index is -0.0571. The standard InChI is InChI=1S/C19H21ClN2O2.ClH/c1-13-11-14(7-8-16(13)20)19(23)22-10-9-21-12-17(22)15-5-3-4-6-18(15)24-2;/h3-8,11,17,21H,9-10,12H2,1-2H3;1H. The summed E-state index contributed by atoms with van der Waals surface area (Å²) in [7, 11) is 1.66. The van der Waals surface area contributed by atoms with Gasteiger partial charge in [-0.25, -0.2) is 0 Å². The summed E-state index contributed by atoms with van der Waals surface area (Å²) in [5.74, 6) is 0.823. The predicted octanol–water partition coefficient (Wildman–Crippen LogP) is 3.87. The third-order valence-electron chi connectivity index (χ3n) is 4.41. The molecule has 1 fully saturated rings. The molecule has 1 aliphatic heterocycles. The summed E-state index contributed by atoms with van der Waals surface area (Å²) >= 11 is 6.08. The summed E-state index contributed by atoms with van der Waals surface area (Å²) < 4.78 is 5.48. The van der Waals surface area contributed by atoms with Gasteiger partial charge >= 0.3 is 0 Å². The quantitative estimate of drug-likeness (QED) is 0.878. The van der Waals surface area contributed by atoms with Gasteiger partial charge < -0.3 is 15.0 Å². The summed E-state index contributed by atoms with van der Waals surface area (Å²) in [5.41, 5.74) is 2.59. The molecule has 134 valence electrons. The lowest BCUT2D eigenvalue weighted by molar-refractivity contribution is 0.0631. The number of methoxy groups -OCH3 is 1.